The number of carbonyl (C=O) groups is 1. The van der Waals surface area contributed by atoms with Crippen molar-refractivity contribution in [3.8, 4) is 0 Å². The van der Waals surface area contributed by atoms with Gasteiger partial charge in [-0.05, 0) is 18.9 Å². The number of aryl methyl sites for hydroxylation is 1. The number of hydrogen-bond acceptors (Lipinski definition) is 2. The molecule has 1 aromatic carbocycles. The molecule has 0 aromatic heterocycles. The van der Waals surface area contributed by atoms with Crippen molar-refractivity contribution in [3.05, 3.63) is 35.4 Å². The summed E-state index contributed by atoms with van der Waals surface area (Å²) in [4.78, 5) is 10.8. The van der Waals surface area contributed by atoms with Gasteiger partial charge in [-0.3, -0.25) is 0 Å². The summed E-state index contributed by atoms with van der Waals surface area (Å²) in [6.07, 6.45) is 1.74. The van der Waals surface area contributed by atoms with E-state index >= 15 is 0 Å². The van der Waals surface area contributed by atoms with Gasteiger partial charge in [0.2, 0.25) is 0 Å². The Hall–Kier alpha value is -1.15. The van der Waals surface area contributed by atoms with E-state index in [-0.39, 0.29) is 5.92 Å². The summed E-state index contributed by atoms with van der Waals surface area (Å²) in [7, 11) is 1.65. The van der Waals surface area contributed by atoms with Crippen molar-refractivity contribution in [2.75, 3.05) is 13.7 Å². The highest BCUT2D eigenvalue weighted by Crippen LogP contribution is 2.17. The number of benzene rings is 1. The van der Waals surface area contributed by atoms with E-state index in [2.05, 4.69) is 0 Å². The first-order chi connectivity index (χ1) is 6.77. The highest BCUT2D eigenvalue weighted by atomic mass is 16.5. The molecule has 0 heterocycles. The van der Waals surface area contributed by atoms with Gasteiger partial charge in [-0.15, -0.1) is 0 Å². The van der Waals surface area contributed by atoms with E-state index < -0.39 is 0 Å². The molecule has 2 nitrogen and oxygen atoms in total. The van der Waals surface area contributed by atoms with Crippen LogP contribution in [-0.2, 0) is 9.53 Å². The normalized spacial score (nSPS) is 12.4. The van der Waals surface area contributed by atoms with E-state index in [4.69, 9.17) is 4.74 Å². The molecule has 2 heteroatoms. The summed E-state index contributed by atoms with van der Waals surface area (Å²) in [6.45, 7) is 2.66. The molecule has 0 aliphatic heterocycles. The summed E-state index contributed by atoms with van der Waals surface area (Å²) in [5.41, 5.74) is 2.28. The molecule has 1 unspecified atom stereocenters. The van der Waals surface area contributed by atoms with E-state index in [0.717, 1.165) is 18.3 Å². The van der Waals surface area contributed by atoms with Gasteiger partial charge in [0.1, 0.15) is 6.29 Å². The van der Waals surface area contributed by atoms with E-state index in [0.29, 0.717) is 6.61 Å². The smallest absolute Gasteiger partial charge is 0.127 e. The van der Waals surface area contributed by atoms with Crippen LogP contribution in [0.3, 0.4) is 0 Å². The van der Waals surface area contributed by atoms with Crippen molar-refractivity contribution in [2.24, 2.45) is 0 Å². The zero-order valence-corrected chi connectivity index (χ0v) is 8.69. The molecule has 1 aromatic rings. The molecule has 0 amide bonds. The monoisotopic (exact) mass is 192 g/mol. The third-order valence-corrected chi connectivity index (χ3v) is 2.30. The average molecular weight is 192 g/mol. The van der Waals surface area contributed by atoms with Crippen LogP contribution >= 0.6 is 0 Å². The Balaban J connectivity index is 2.68. The van der Waals surface area contributed by atoms with Crippen molar-refractivity contribution < 1.29 is 9.53 Å². The van der Waals surface area contributed by atoms with Gasteiger partial charge in [0.25, 0.3) is 0 Å². The Morgan fingerprint density at radius 2 is 2.00 bits per heavy atom. The quantitative estimate of drug-likeness (QED) is 0.669. The topological polar surface area (TPSA) is 26.3 Å². The van der Waals surface area contributed by atoms with Crippen molar-refractivity contribution in [1.29, 1.82) is 0 Å². The van der Waals surface area contributed by atoms with Gasteiger partial charge >= 0.3 is 0 Å². The van der Waals surface area contributed by atoms with Crippen LogP contribution in [0.25, 0.3) is 0 Å². The Morgan fingerprint density at radius 1 is 1.36 bits per heavy atom. The van der Waals surface area contributed by atoms with Crippen LogP contribution in [0.15, 0.2) is 24.3 Å². The lowest BCUT2D eigenvalue weighted by Crippen LogP contribution is -2.04. The Labute approximate surface area is 84.9 Å². The molecule has 76 valence electrons. The van der Waals surface area contributed by atoms with Gasteiger partial charge in [0.15, 0.2) is 0 Å². The van der Waals surface area contributed by atoms with Crippen LogP contribution in [0.2, 0.25) is 0 Å². The summed E-state index contributed by atoms with van der Waals surface area (Å²) in [6, 6.07) is 8.06. The molecular formula is C12H16O2. The third-order valence-electron chi connectivity index (χ3n) is 2.30. The molecule has 0 radical (unpaired) electrons. The van der Waals surface area contributed by atoms with E-state index in [1.54, 1.807) is 7.11 Å². The molecule has 0 saturated heterocycles. The second kappa shape index (κ2) is 5.55. The molecule has 0 bridgehead atoms. The van der Waals surface area contributed by atoms with Gasteiger partial charge in [-0.1, -0.05) is 29.8 Å². The summed E-state index contributed by atoms with van der Waals surface area (Å²) in [5, 5.41) is 0. The first-order valence-corrected chi connectivity index (χ1v) is 4.78. The van der Waals surface area contributed by atoms with Crippen LogP contribution in [0.4, 0.5) is 0 Å². The fraction of sp³-hybridized carbons (Fsp3) is 0.417. The van der Waals surface area contributed by atoms with Crippen LogP contribution in [0.5, 0.6) is 0 Å². The number of rotatable bonds is 5. The van der Waals surface area contributed by atoms with Gasteiger partial charge in [-0.25, -0.2) is 0 Å². The molecule has 1 rings (SSSR count). The Kier molecular flexibility index (Phi) is 4.33. The van der Waals surface area contributed by atoms with Crippen LogP contribution in [0.1, 0.15) is 23.5 Å². The third kappa shape index (κ3) is 2.96. The molecule has 0 aliphatic rings. The molecule has 0 N–H and O–H groups in total. The van der Waals surface area contributed by atoms with E-state index in [1.165, 1.54) is 5.56 Å². The number of hydrogen-bond donors (Lipinski definition) is 0. The second-order valence-electron chi connectivity index (χ2n) is 3.43. The first-order valence-electron chi connectivity index (χ1n) is 4.78. The molecule has 0 spiro atoms. The van der Waals surface area contributed by atoms with E-state index in [1.807, 2.05) is 31.2 Å². The van der Waals surface area contributed by atoms with Crippen molar-refractivity contribution >= 4 is 6.29 Å². The number of methoxy groups -OCH3 is 1. The second-order valence-corrected chi connectivity index (χ2v) is 3.43. The van der Waals surface area contributed by atoms with Crippen LogP contribution in [0, 0.1) is 6.92 Å². The molecule has 0 aliphatic carbocycles. The number of aldehydes is 1. The molecule has 14 heavy (non-hydrogen) atoms. The predicted octanol–water partition coefficient (Wildman–Crippen LogP) is 2.31. The molecule has 1 atom stereocenters. The first kappa shape index (κ1) is 10.9. The highest BCUT2D eigenvalue weighted by molar-refractivity contribution is 5.62. The van der Waals surface area contributed by atoms with Gasteiger partial charge in [0, 0.05) is 19.6 Å². The molecule has 0 saturated carbocycles. The minimum absolute atomic E-state index is 0.0319. The lowest BCUT2D eigenvalue weighted by molar-refractivity contribution is -0.109. The summed E-state index contributed by atoms with van der Waals surface area (Å²) < 4.78 is 4.96. The standard InChI is InChI=1S/C12H16O2/c1-10-3-5-11(6-4-10)12(9-13)7-8-14-2/h3-6,9,12H,7-8H2,1-2H3. The van der Waals surface area contributed by atoms with Gasteiger partial charge in [0.05, 0.1) is 0 Å². The zero-order chi connectivity index (χ0) is 10.4. The maximum Gasteiger partial charge on any atom is 0.127 e. The maximum atomic E-state index is 10.8. The Bertz CT molecular complexity index is 277. The van der Waals surface area contributed by atoms with Crippen molar-refractivity contribution in [3.63, 3.8) is 0 Å². The fourth-order valence-electron chi connectivity index (χ4n) is 1.37. The average Bonchev–Trinajstić information content (AvgIpc) is 2.21. The van der Waals surface area contributed by atoms with Crippen LogP contribution in [-0.4, -0.2) is 20.0 Å². The predicted molar refractivity (Wildman–Crippen MR) is 56.5 cm³/mol. The lowest BCUT2D eigenvalue weighted by Gasteiger charge is -2.09. The zero-order valence-electron chi connectivity index (χ0n) is 8.69. The van der Waals surface area contributed by atoms with Gasteiger partial charge in [-0.2, -0.15) is 0 Å². The molecule has 0 fully saturated rings. The van der Waals surface area contributed by atoms with Crippen molar-refractivity contribution in [2.45, 2.75) is 19.3 Å². The largest absolute Gasteiger partial charge is 0.385 e. The summed E-state index contributed by atoms with van der Waals surface area (Å²) >= 11 is 0. The lowest BCUT2D eigenvalue weighted by atomic mass is 9.97. The fourth-order valence-corrected chi connectivity index (χ4v) is 1.37. The molecular weight excluding hydrogens is 176 g/mol. The SMILES string of the molecule is COCCC(C=O)c1ccc(C)cc1. The van der Waals surface area contributed by atoms with Gasteiger partial charge < -0.3 is 9.53 Å². The minimum atomic E-state index is -0.0319. The summed E-state index contributed by atoms with van der Waals surface area (Å²) in [5.74, 6) is -0.0319. The van der Waals surface area contributed by atoms with Crippen LogP contribution < -0.4 is 0 Å². The number of carbonyl (C=O) groups excluding carboxylic acids is 1. The number of ether oxygens (including phenoxy) is 1. The van der Waals surface area contributed by atoms with Crippen molar-refractivity contribution in [1.82, 2.24) is 0 Å². The Morgan fingerprint density at radius 3 is 2.50 bits per heavy atom. The maximum absolute atomic E-state index is 10.8. The minimum Gasteiger partial charge on any atom is -0.385 e. The van der Waals surface area contributed by atoms with E-state index in [9.17, 15) is 4.79 Å². The highest BCUT2D eigenvalue weighted by Gasteiger charge is 2.09.